The summed E-state index contributed by atoms with van der Waals surface area (Å²) in [6, 6.07) is -0.314. The summed E-state index contributed by atoms with van der Waals surface area (Å²) in [5.41, 5.74) is 0. The van der Waals surface area contributed by atoms with Gasteiger partial charge in [0.1, 0.15) is 0 Å². The van der Waals surface area contributed by atoms with Crippen molar-refractivity contribution < 1.29 is 14.4 Å². The zero-order chi connectivity index (χ0) is 9.14. The molecule has 1 rings (SSSR count). The Morgan fingerprint density at radius 2 is 1.92 bits per heavy atom. The molecule has 4 heteroatoms. The summed E-state index contributed by atoms with van der Waals surface area (Å²) in [4.78, 5) is 10.6. The normalized spacial score (nSPS) is 29.9. The Kier molecular flexibility index (Phi) is 3.03. The standard InChI is InChI=1S/C8H14FNO2/c1-6(11)10(9)7-2-4-8(12)5-3-7/h7-8,12H,2-5H2,1H3/t7-,8-. The Hall–Kier alpha value is -0.640. The number of carbonyl (C=O) groups is 1. The Morgan fingerprint density at radius 3 is 2.33 bits per heavy atom. The van der Waals surface area contributed by atoms with Gasteiger partial charge in [-0.2, -0.15) is 5.12 Å². The van der Waals surface area contributed by atoms with E-state index in [9.17, 15) is 9.28 Å². The maximum atomic E-state index is 12.9. The first-order valence-electron chi connectivity index (χ1n) is 4.25. The molecule has 0 aromatic rings. The van der Waals surface area contributed by atoms with Crippen LogP contribution in [0.25, 0.3) is 0 Å². The molecule has 1 aliphatic carbocycles. The quantitative estimate of drug-likeness (QED) is 0.604. The predicted octanol–water partition coefficient (Wildman–Crippen LogP) is 1.02. The Balaban J connectivity index is 2.39. The molecule has 0 atom stereocenters. The molecule has 70 valence electrons. The second kappa shape index (κ2) is 3.85. The van der Waals surface area contributed by atoms with Crippen molar-refractivity contribution in [3.63, 3.8) is 0 Å². The van der Waals surface area contributed by atoms with Crippen LogP contribution >= 0.6 is 0 Å². The first kappa shape index (κ1) is 9.45. The fourth-order valence-electron chi connectivity index (χ4n) is 1.54. The molecular weight excluding hydrogens is 161 g/mol. The molecule has 1 amide bonds. The summed E-state index contributed by atoms with van der Waals surface area (Å²) >= 11 is 0. The number of carbonyl (C=O) groups excluding carboxylic acids is 1. The number of nitrogens with zero attached hydrogens (tertiary/aromatic N) is 1. The van der Waals surface area contributed by atoms with Crippen molar-refractivity contribution in [1.29, 1.82) is 0 Å². The molecule has 0 spiro atoms. The van der Waals surface area contributed by atoms with E-state index < -0.39 is 5.91 Å². The van der Waals surface area contributed by atoms with Crippen LogP contribution in [0.4, 0.5) is 4.48 Å². The van der Waals surface area contributed by atoms with Gasteiger partial charge in [-0.1, -0.05) is 4.48 Å². The molecule has 1 aliphatic rings. The molecule has 3 nitrogen and oxygen atoms in total. The van der Waals surface area contributed by atoms with E-state index in [-0.39, 0.29) is 17.3 Å². The summed E-state index contributed by atoms with van der Waals surface area (Å²) in [6.45, 7) is 1.21. The van der Waals surface area contributed by atoms with Crippen LogP contribution in [0.15, 0.2) is 0 Å². The minimum Gasteiger partial charge on any atom is -0.393 e. The van der Waals surface area contributed by atoms with Crippen molar-refractivity contribution in [2.24, 2.45) is 0 Å². The molecule has 0 heterocycles. The molecule has 0 aromatic carbocycles. The topological polar surface area (TPSA) is 40.5 Å². The summed E-state index contributed by atoms with van der Waals surface area (Å²) in [7, 11) is 0. The highest BCUT2D eigenvalue weighted by molar-refractivity contribution is 5.72. The minimum absolute atomic E-state index is 0.284. The maximum absolute atomic E-state index is 12.9. The highest BCUT2D eigenvalue weighted by Crippen LogP contribution is 2.23. The van der Waals surface area contributed by atoms with Gasteiger partial charge in [0.2, 0.25) is 5.91 Å². The van der Waals surface area contributed by atoms with Crippen LogP contribution < -0.4 is 0 Å². The van der Waals surface area contributed by atoms with Gasteiger partial charge in [-0.05, 0) is 25.7 Å². The SMILES string of the molecule is CC(=O)N(F)[C@H]1CC[C@H](O)CC1. The zero-order valence-corrected chi connectivity index (χ0v) is 7.16. The van der Waals surface area contributed by atoms with Crippen LogP contribution in [0.3, 0.4) is 0 Å². The van der Waals surface area contributed by atoms with Crippen LogP contribution in [0.5, 0.6) is 0 Å². The third kappa shape index (κ3) is 2.17. The van der Waals surface area contributed by atoms with Crippen LogP contribution in [-0.2, 0) is 4.79 Å². The Labute approximate surface area is 71.1 Å². The van der Waals surface area contributed by atoms with Crippen molar-refractivity contribution in [3.05, 3.63) is 0 Å². The Bertz CT molecular complexity index is 166. The van der Waals surface area contributed by atoms with Crippen molar-refractivity contribution >= 4 is 5.91 Å². The number of rotatable bonds is 1. The number of aliphatic hydroxyl groups excluding tert-OH is 1. The molecular formula is C8H14FNO2. The third-order valence-electron chi connectivity index (χ3n) is 2.29. The number of hydrogen-bond donors (Lipinski definition) is 1. The van der Waals surface area contributed by atoms with Gasteiger partial charge >= 0.3 is 0 Å². The minimum atomic E-state index is -0.545. The molecule has 1 N–H and O–H groups in total. The number of hydrogen-bond acceptors (Lipinski definition) is 2. The fraction of sp³-hybridized carbons (Fsp3) is 0.875. The van der Waals surface area contributed by atoms with E-state index in [1.165, 1.54) is 6.92 Å². The van der Waals surface area contributed by atoms with Gasteiger partial charge in [-0.25, -0.2) is 0 Å². The lowest BCUT2D eigenvalue weighted by Gasteiger charge is -2.28. The summed E-state index contributed by atoms with van der Waals surface area (Å²) in [5.74, 6) is -0.545. The highest BCUT2D eigenvalue weighted by Gasteiger charge is 2.26. The van der Waals surface area contributed by atoms with E-state index in [1.807, 2.05) is 0 Å². The summed E-state index contributed by atoms with van der Waals surface area (Å²) in [5, 5.41) is 9.41. The molecule has 0 aromatic heterocycles. The molecule has 0 unspecified atom stereocenters. The van der Waals surface area contributed by atoms with E-state index in [0.717, 1.165) is 0 Å². The van der Waals surface area contributed by atoms with E-state index in [1.54, 1.807) is 0 Å². The second-order valence-corrected chi connectivity index (χ2v) is 3.29. The van der Waals surface area contributed by atoms with Crippen molar-refractivity contribution in [2.45, 2.75) is 44.8 Å². The molecule has 1 fully saturated rings. The first-order chi connectivity index (χ1) is 5.61. The monoisotopic (exact) mass is 175 g/mol. The van der Waals surface area contributed by atoms with Crippen molar-refractivity contribution in [3.8, 4) is 0 Å². The zero-order valence-electron chi connectivity index (χ0n) is 7.16. The van der Waals surface area contributed by atoms with Crippen LogP contribution in [0, 0.1) is 0 Å². The second-order valence-electron chi connectivity index (χ2n) is 3.29. The molecule has 0 aliphatic heterocycles. The van der Waals surface area contributed by atoms with E-state index in [2.05, 4.69) is 0 Å². The largest absolute Gasteiger partial charge is 0.393 e. The van der Waals surface area contributed by atoms with Crippen LogP contribution in [0.1, 0.15) is 32.6 Å². The Morgan fingerprint density at radius 1 is 1.42 bits per heavy atom. The van der Waals surface area contributed by atoms with Gasteiger partial charge in [0.25, 0.3) is 0 Å². The smallest absolute Gasteiger partial charge is 0.247 e. The average Bonchev–Trinajstić information content (AvgIpc) is 2.04. The predicted molar refractivity (Wildman–Crippen MR) is 41.9 cm³/mol. The van der Waals surface area contributed by atoms with Gasteiger partial charge in [-0.3, -0.25) is 4.79 Å². The van der Waals surface area contributed by atoms with Crippen LogP contribution in [0.2, 0.25) is 0 Å². The van der Waals surface area contributed by atoms with E-state index in [4.69, 9.17) is 5.11 Å². The van der Waals surface area contributed by atoms with Gasteiger partial charge < -0.3 is 5.11 Å². The lowest BCUT2D eigenvalue weighted by molar-refractivity contribution is -0.152. The highest BCUT2D eigenvalue weighted by atomic mass is 19.2. The molecule has 0 radical (unpaired) electrons. The lowest BCUT2D eigenvalue weighted by atomic mass is 9.93. The van der Waals surface area contributed by atoms with Crippen molar-refractivity contribution in [1.82, 2.24) is 5.12 Å². The molecule has 0 bridgehead atoms. The molecule has 1 saturated carbocycles. The van der Waals surface area contributed by atoms with Gasteiger partial charge in [-0.15, -0.1) is 0 Å². The number of aliphatic hydroxyl groups is 1. The summed E-state index contributed by atoms with van der Waals surface area (Å²) in [6.07, 6.45) is 2.02. The fourth-order valence-corrected chi connectivity index (χ4v) is 1.54. The molecule has 12 heavy (non-hydrogen) atoms. The van der Waals surface area contributed by atoms with Gasteiger partial charge in [0, 0.05) is 6.92 Å². The third-order valence-corrected chi connectivity index (χ3v) is 2.29. The number of halogens is 1. The average molecular weight is 175 g/mol. The lowest BCUT2D eigenvalue weighted by Crippen LogP contribution is -2.36. The summed E-state index contributed by atoms with van der Waals surface area (Å²) < 4.78 is 12.9. The molecule has 0 saturated heterocycles. The maximum Gasteiger partial charge on any atom is 0.247 e. The van der Waals surface area contributed by atoms with Gasteiger partial charge in [0.15, 0.2) is 0 Å². The van der Waals surface area contributed by atoms with Crippen molar-refractivity contribution in [2.75, 3.05) is 0 Å². The van der Waals surface area contributed by atoms with E-state index in [0.29, 0.717) is 25.7 Å². The number of amides is 1. The van der Waals surface area contributed by atoms with Gasteiger partial charge in [0.05, 0.1) is 12.1 Å². The first-order valence-corrected chi connectivity index (χ1v) is 4.25. The van der Waals surface area contributed by atoms with Crippen LogP contribution in [-0.4, -0.2) is 28.3 Å². The van der Waals surface area contributed by atoms with E-state index >= 15 is 0 Å².